The number of carbonyl (C=O) groups is 2. The van der Waals surface area contributed by atoms with Crippen LogP contribution in [0.3, 0.4) is 0 Å². The zero-order valence-electron chi connectivity index (χ0n) is 7.40. The van der Waals surface area contributed by atoms with Crippen LogP contribution in [0.1, 0.15) is 19.3 Å². The summed E-state index contributed by atoms with van der Waals surface area (Å²) in [5.74, 6) is 0. The van der Waals surface area contributed by atoms with Crippen LogP contribution in [0.5, 0.6) is 0 Å². The van der Waals surface area contributed by atoms with E-state index in [4.69, 9.17) is 10.2 Å². The summed E-state index contributed by atoms with van der Waals surface area (Å²) in [5, 5.41) is 18.2. The van der Waals surface area contributed by atoms with Gasteiger partial charge in [-0.05, 0) is 12.8 Å². The Kier molecular flexibility index (Phi) is 2.83. The van der Waals surface area contributed by atoms with Crippen LogP contribution in [0.2, 0.25) is 0 Å². The summed E-state index contributed by atoms with van der Waals surface area (Å²) < 4.78 is 0. The first-order valence-corrected chi connectivity index (χ1v) is 4.35. The highest BCUT2D eigenvalue weighted by Gasteiger charge is 2.54. The maximum Gasteiger partial charge on any atom is 0.129 e. The summed E-state index contributed by atoms with van der Waals surface area (Å²) in [4.78, 5) is 21.7. The van der Waals surface area contributed by atoms with Crippen LogP contribution in [-0.4, -0.2) is 36.0 Å². The molecule has 0 radical (unpaired) electrons. The van der Waals surface area contributed by atoms with Gasteiger partial charge in [0.15, 0.2) is 0 Å². The van der Waals surface area contributed by atoms with Gasteiger partial charge in [-0.15, -0.1) is 0 Å². The van der Waals surface area contributed by atoms with E-state index in [0.717, 1.165) is 0 Å². The van der Waals surface area contributed by atoms with Crippen LogP contribution in [0, 0.1) is 10.8 Å². The topological polar surface area (TPSA) is 74.6 Å². The predicted octanol–water partition coefficient (Wildman–Crippen LogP) is -0.474. The average molecular weight is 186 g/mol. The first-order chi connectivity index (χ1) is 6.20. The van der Waals surface area contributed by atoms with E-state index in [1.165, 1.54) is 0 Å². The van der Waals surface area contributed by atoms with Crippen molar-refractivity contribution in [3.05, 3.63) is 0 Å². The lowest BCUT2D eigenvalue weighted by atomic mass is 9.68. The first kappa shape index (κ1) is 10.3. The minimum atomic E-state index is -1.05. The van der Waals surface area contributed by atoms with Gasteiger partial charge in [0, 0.05) is 0 Å². The maximum absolute atomic E-state index is 10.9. The molecule has 0 heterocycles. The Hall–Kier alpha value is -0.740. The van der Waals surface area contributed by atoms with E-state index >= 15 is 0 Å². The van der Waals surface area contributed by atoms with Crippen LogP contribution < -0.4 is 0 Å². The SMILES string of the molecule is O=CC1(CO)CCCC1(C=O)CO. The van der Waals surface area contributed by atoms with Crippen molar-refractivity contribution in [3.63, 3.8) is 0 Å². The maximum atomic E-state index is 10.9. The number of aldehydes is 2. The van der Waals surface area contributed by atoms with E-state index in [9.17, 15) is 9.59 Å². The highest BCUT2D eigenvalue weighted by molar-refractivity contribution is 5.74. The zero-order chi connectivity index (χ0) is 9.95. The third-order valence-corrected chi connectivity index (χ3v) is 3.25. The van der Waals surface area contributed by atoms with Crippen molar-refractivity contribution in [2.75, 3.05) is 13.2 Å². The second-order valence-corrected chi connectivity index (χ2v) is 3.72. The van der Waals surface area contributed by atoms with Gasteiger partial charge in [0.25, 0.3) is 0 Å². The van der Waals surface area contributed by atoms with Crippen LogP contribution in [0.25, 0.3) is 0 Å². The lowest BCUT2D eigenvalue weighted by Crippen LogP contribution is -2.45. The molecule has 4 heteroatoms. The van der Waals surface area contributed by atoms with Gasteiger partial charge in [-0.25, -0.2) is 0 Å². The molecule has 0 aromatic carbocycles. The smallest absolute Gasteiger partial charge is 0.129 e. The van der Waals surface area contributed by atoms with E-state index < -0.39 is 10.8 Å². The van der Waals surface area contributed by atoms with Crippen molar-refractivity contribution in [2.24, 2.45) is 10.8 Å². The molecule has 2 atom stereocenters. The van der Waals surface area contributed by atoms with Crippen molar-refractivity contribution in [2.45, 2.75) is 19.3 Å². The molecular weight excluding hydrogens is 172 g/mol. The highest BCUT2D eigenvalue weighted by atomic mass is 16.3. The summed E-state index contributed by atoms with van der Waals surface area (Å²) in [7, 11) is 0. The summed E-state index contributed by atoms with van der Waals surface area (Å²) in [6.07, 6.45) is 2.88. The Balaban J connectivity index is 3.06. The van der Waals surface area contributed by atoms with Gasteiger partial charge < -0.3 is 19.8 Å². The summed E-state index contributed by atoms with van der Waals surface area (Å²) in [6.45, 7) is -0.731. The van der Waals surface area contributed by atoms with E-state index in [1.807, 2.05) is 0 Å². The van der Waals surface area contributed by atoms with Gasteiger partial charge in [-0.3, -0.25) is 0 Å². The van der Waals surface area contributed by atoms with E-state index in [1.54, 1.807) is 0 Å². The molecular formula is C9H14O4. The zero-order valence-corrected chi connectivity index (χ0v) is 7.40. The van der Waals surface area contributed by atoms with Gasteiger partial charge in [0.2, 0.25) is 0 Å². The van der Waals surface area contributed by atoms with Gasteiger partial charge in [0.05, 0.1) is 24.0 Å². The second kappa shape index (κ2) is 3.55. The molecule has 1 aliphatic rings. The minimum Gasteiger partial charge on any atom is -0.395 e. The Morgan fingerprint density at radius 3 is 1.62 bits per heavy atom. The number of aliphatic hydroxyl groups excluding tert-OH is 2. The third kappa shape index (κ3) is 1.21. The van der Waals surface area contributed by atoms with Gasteiger partial charge in [0.1, 0.15) is 12.6 Å². The van der Waals surface area contributed by atoms with Crippen LogP contribution in [-0.2, 0) is 9.59 Å². The molecule has 13 heavy (non-hydrogen) atoms. The molecule has 2 N–H and O–H groups in total. The predicted molar refractivity (Wildman–Crippen MR) is 45.0 cm³/mol. The van der Waals surface area contributed by atoms with Crippen LogP contribution in [0.15, 0.2) is 0 Å². The van der Waals surface area contributed by atoms with E-state index in [-0.39, 0.29) is 13.2 Å². The van der Waals surface area contributed by atoms with Crippen molar-refractivity contribution in [1.29, 1.82) is 0 Å². The Morgan fingerprint density at radius 2 is 1.38 bits per heavy atom. The van der Waals surface area contributed by atoms with Crippen molar-refractivity contribution in [1.82, 2.24) is 0 Å². The summed E-state index contributed by atoms with van der Waals surface area (Å²) in [6, 6.07) is 0. The number of carbonyl (C=O) groups excluding carboxylic acids is 2. The molecule has 0 spiro atoms. The number of hydrogen-bond donors (Lipinski definition) is 2. The minimum absolute atomic E-state index is 0.365. The Morgan fingerprint density at radius 1 is 1.00 bits per heavy atom. The molecule has 0 aromatic heterocycles. The standard InChI is InChI=1S/C9H14O4/c10-4-8(5-11)2-1-3-9(8,6-12)7-13/h4,6,11,13H,1-3,5,7H2. The molecule has 0 saturated heterocycles. The molecule has 4 nitrogen and oxygen atoms in total. The fraction of sp³-hybridized carbons (Fsp3) is 0.778. The molecule has 74 valence electrons. The molecule has 0 aliphatic heterocycles. The highest BCUT2D eigenvalue weighted by Crippen LogP contribution is 2.49. The molecule has 0 bridgehead atoms. The molecule has 1 rings (SSSR count). The lowest BCUT2D eigenvalue weighted by molar-refractivity contribution is -0.139. The third-order valence-electron chi connectivity index (χ3n) is 3.25. The number of rotatable bonds is 4. The number of hydrogen-bond acceptors (Lipinski definition) is 4. The van der Waals surface area contributed by atoms with E-state index in [0.29, 0.717) is 31.8 Å². The quantitative estimate of drug-likeness (QED) is 0.582. The van der Waals surface area contributed by atoms with Crippen molar-refractivity contribution in [3.8, 4) is 0 Å². The largest absolute Gasteiger partial charge is 0.395 e. The molecule has 2 unspecified atom stereocenters. The molecule has 0 amide bonds. The van der Waals surface area contributed by atoms with Gasteiger partial charge >= 0.3 is 0 Å². The average Bonchev–Trinajstić information content (AvgIpc) is 2.57. The van der Waals surface area contributed by atoms with Gasteiger partial charge in [-0.1, -0.05) is 6.42 Å². The van der Waals surface area contributed by atoms with Gasteiger partial charge in [-0.2, -0.15) is 0 Å². The van der Waals surface area contributed by atoms with Crippen molar-refractivity contribution >= 4 is 12.6 Å². The Labute approximate surface area is 76.6 Å². The van der Waals surface area contributed by atoms with E-state index in [2.05, 4.69) is 0 Å². The normalized spacial score (nSPS) is 38.9. The monoisotopic (exact) mass is 186 g/mol. The molecule has 0 aromatic rings. The molecule has 1 aliphatic carbocycles. The van der Waals surface area contributed by atoms with Crippen LogP contribution >= 0.6 is 0 Å². The fourth-order valence-electron chi connectivity index (χ4n) is 2.12. The molecule has 1 saturated carbocycles. The molecule has 1 fully saturated rings. The number of aliphatic hydroxyl groups is 2. The summed E-state index contributed by atoms with van der Waals surface area (Å²) in [5.41, 5.74) is -2.10. The van der Waals surface area contributed by atoms with Crippen molar-refractivity contribution < 1.29 is 19.8 Å². The fourth-order valence-corrected chi connectivity index (χ4v) is 2.12. The first-order valence-electron chi connectivity index (χ1n) is 4.35. The lowest BCUT2D eigenvalue weighted by Gasteiger charge is -2.35. The van der Waals surface area contributed by atoms with Crippen LogP contribution in [0.4, 0.5) is 0 Å². The Bertz CT molecular complexity index is 194. The summed E-state index contributed by atoms with van der Waals surface area (Å²) >= 11 is 0. The second-order valence-electron chi connectivity index (χ2n) is 3.72.